The molecule has 1 aliphatic carbocycles. The highest BCUT2D eigenvalue weighted by molar-refractivity contribution is 7.11. The van der Waals surface area contributed by atoms with Gasteiger partial charge in [0.05, 0.1) is 27.9 Å². The zero-order chi connectivity index (χ0) is 29.5. The van der Waals surface area contributed by atoms with Gasteiger partial charge in [0.1, 0.15) is 6.04 Å². The minimum absolute atomic E-state index is 0.00768. The van der Waals surface area contributed by atoms with Crippen LogP contribution in [0.5, 0.6) is 0 Å². The topological polar surface area (TPSA) is 111 Å². The van der Waals surface area contributed by atoms with Gasteiger partial charge in [0.2, 0.25) is 0 Å². The molecule has 3 heterocycles. The third kappa shape index (κ3) is 6.78. The van der Waals surface area contributed by atoms with Gasteiger partial charge in [-0.15, -0.1) is 22.7 Å². The van der Waals surface area contributed by atoms with Crippen molar-refractivity contribution < 1.29 is 27.9 Å². The van der Waals surface area contributed by atoms with Gasteiger partial charge in [-0.3, -0.25) is 4.99 Å². The molecule has 0 radical (unpaired) electrons. The first-order chi connectivity index (χ1) is 19.8. The summed E-state index contributed by atoms with van der Waals surface area (Å²) in [5, 5.41) is 8.71. The summed E-state index contributed by atoms with van der Waals surface area (Å²) < 4.78 is 33.9. The lowest BCUT2D eigenvalue weighted by Crippen LogP contribution is -2.38. The third-order valence-electron chi connectivity index (χ3n) is 6.98. The number of thiazole rings is 2. The minimum Gasteiger partial charge on any atom is -0.463 e. The third-order valence-corrected chi connectivity index (χ3v) is 9.20. The van der Waals surface area contributed by atoms with Crippen LogP contribution >= 0.6 is 34.3 Å². The van der Waals surface area contributed by atoms with Crippen molar-refractivity contribution in [2.45, 2.75) is 57.9 Å². The minimum atomic E-state index is -1.17. The molecule has 2 aromatic heterocycles. The molecule has 1 N–H and O–H groups in total. The molecule has 0 spiro atoms. The molecule has 1 saturated carbocycles. The van der Waals surface area contributed by atoms with E-state index < -0.39 is 28.7 Å². The Kier molecular flexibility index (Phi) is 10.5. The molecule has 1 aromatic carbocycles. The average Bonchev–Trinajstić information content (AvgIpc) is 3.69. The number of allylic oxidation sites excluding steroid dienone is 1. The molecule has 1 fully saturated rings. The van der Waals surface area contributed by atoms with Crippen LogP contribution in [0.2, 0.25) is 5.02 Å². The van der Waals surface area contributed by atoms with Crippen LogP contribution in [0.25, 0.3) is 0 Å². The van der Waals surface area contributed by atoms with Crippen LogP contribution in [0.4, 0.5) is 8.78 Å². The fourth-order valence-electron chi connectivity index (χ4n) is 5.05. The van der Waals surface area contributed by atoms with Crippen molar-refractivity contribution in [3.05, 3.63) is 78.3 Å². The highest BCUT2D eigenvalue weighted by atomic mass is 35.5. The SMILES string of the molecule is CCOC(=O)C1=C(C2CCC(c3nc(CC)cs3)CC2)NC(c2nccs2)=NC1c1ccc(F)c(F)c1Cl.O=C=O. The maximum absolute atomic E-state index is 14.6. The van der Waals surface area contributed by atoms with Crippen molar-refractivity contribution >= 4 is 52.2 Å². The molecule has 1 atom stereocenters. The summed E-state index contributed by atoms with van der Waals surface area (Å²) in [6, 6.07) is 1.40. The monoisotopic (exact) mass is 620 g/mol. The number of nitrogens with zero attached hydrogens (tertiary/aromatic N) is 3. The number of hydrogen-bond donors (Lipinski definition) is 1. The fourth-order valence-corrected chi connectivity index (χ4v) is 6.97. The first kappa shape index (κ1) is 30.6. The van der Waals surface area contributed by atoms with Crippen LogP contribution < -0.4 is 5.32 Å². The van der Waals surface area contributed by atoms with Crippen molar-refractivity contribution in [2.75, 3.05) is 6.61 Å². The van der Waals surface area contributed by atoms with E-state index in [0.717, 1.165) is 48.9 Å². The highest BCUT2D eigenvalue weighted by Gasteiger charge is 2.38. The number of esters is 1. The van der Waals surface area contributed by atoms with Gasteiger partial charge in [0.25, 0.3) is 0 Å². The first-order valence-electron chi connectivity index (χ1n) is 13.1. The molecule has 1 aliphatic heterocycles. The van der Waals surface area contributed by atoms with Crippen LogP contribution in [0.3, 0.4) is 0 Å². The van der Waals surface area contributed by atoms with E-state index >= 15 is 0 Å². The van der Waals surface area contributed by atoms with E-state index in [4.69, 9.17) is 35.9 Å². The summed E-state index contributed by atoms with van der Waals surface area (Å²) in [4.78, 5) is 43.6. The molecule has 216 valence electrons. The maximum atomic E-state index is 14.6. The summed E-state index contributed by atoms with van der Waals surface area (Å²) in [7, 11) is 0. The van der Waals surface area contributed by atoms with Gasteiger partial charge in [-0.25, -0.2) is 23.5 Å². The van der Waals surface area contributed by atoms with E-state index in [2.05, 4.69) is 22.6 Å². The van der Waals surface area contributed by atoms with Crippen molar-refractivity contribution in [3.63, 3.8) is 0 Å². The van der Waals surface area contributed by atoms with E-state index in [-0.39, 0.29) is 29.8 Å². The second-order valence-corrected chi connectivity index (χ2v) is 11.5. The van der Waals surface area contributed by atoms with Crippen molar-refractivity contribution in [2.24, 2.45) is 10.9 Å². The fraction of sp³-hybridized carbons (Fsp3) is 0.393. The van der Waals surface area contributed by atoms with E-state index in [1.54, 1.807) is 24.5 Å². The number of amidine groups is 1. The van der Waals surface area contributed by atoms with E-state index in [1.807, 2.05) is 5.38 Å². The Bertz CT molecular complexity index is 1480. The molecule has 5 rings (SSSR count). The van der Waals surface area contributed by atoms with Gasteiger partial charge in [0, 0.05) is 34.1 Å². The average molecular weight is 621 g/mol. The predicted octanol–water partition coefficient (Wildman–Crippen LogP) is 6.39. The number of carbonyl (C=O) groups excluding carboxylic acids is 3. The molecule has 13 heteroatoms. The van der Waals surface area contributed by atoms with Crippen LogP contribution in [0.15, 0.2) is 45.4 Å². The van der Waals surface area contributed by atoms with E-state index in [9.17, 15) is 13.6 Å². The normalized spacial score (nSPS) is 20.3. The Morgan fingerprint density at radius 3 is 2.46 bits per heavy atom. The van der Waals surface area contributed by atoms with Crippen molar-refractivity contribution in [3.8, 4) is 0 Å². The van der Waals surface area contributed by atoms with Gasteiger partial charge >= 0.3 is 12.1 Å². The molecule has 3 aromatic rings. The Morgan fingerprint density at radius 2 is 1.85 bits per heavy atom. The van der Waals surface area contributed by atoms with Gasteiger partial charge in [-0.05, 0) is 51.0 Å². The van der Waals surface area contributed by atoms with Gasteiger partial charge in [0.15, 0.2) is 22.5 Å². The molecule has 41 heavy (non-hydrogen) atoms. The first-order valence-corrected chi connectivity index (χ1v) is 15.2. The number of ether oxygens (including phenoxy) is 1. The number of hydrogen-bond acceptors (Lipinski definition) is 10. The molecule has 1 unspecified atom stereocenters. The van der Waals surface area contributed by atoms with Gasteiger partial charge in [-0.1, -0.05) is 24.6 Å². The number of halogens is 3. The molecule has 2 aliphatic rings. The van der Waals surface area contributed by atoms with Crippen LogP contribution in [0.1, 0.15) is 72.8 Å². The Morgan fingerprint density at radius 1 is 1.15 bits per heavy atom. The Hall–Kier alpha value is -3.31. The summed E-state index contributed by atoms with van der Waals surface area (Å²) in [5.74, 6) is -1.95. The van der Waals surface area contributed by atoms with Gasteiger partial charge in [-0.2, -0.15) is 9.59 Å². The zero-order valence-electron chi connectivity index (χ0n) is 22.3. The van der Waals surface area contributed by atoms with Crippen LogP contribution in [-0.4, -0.2) is 34.5 Å². The molecule has 8 nitrogen and oxygen atoms in total. The summed E-state index contributed by atoms with van der Waals surface area (Å²) in [6.45, 7) is 3.99. The van der Waals surface area contributed by atoms with Crippen molar-refractivity contribution in [1.82, 2.24) is 15.3 Å². The summed E-state index contributed by atoms with van der Waals surface area (Å²) >= 11 is 9.39. The summed E-state index contributed by atoms with van der Waals surface area (Å²) in [5.41, 5.74) is 2.27. The second-order valence-electron chi connectivity index (χ2n) is 9.32. The number of aryl methyl sites for hydroxylation is 1. The largest absolute Gasteiger partial charge is 0.463 e. The quantitative estimate of drug-likeness (QED) is 0.241. The van der Waals surface area contributed by atoms with E-state index in [1.165, 1.54) is 17.4 Å². The number of carbonyl (C=O) groups is 1. The number of rotatable bonds is 7. The smallest absolute Gasteiger partial charge is 0.373 e. The zero-order valence-corrected chi connectivity index (χ0v) is 24.7. The summed E-state index contributed by atoms with van der Waals surface area (Å²) in [6.07, 6.45) is 6.31. The molecule has 0 bridgehead atoms. The molecular weight excluding hydrogens is 594 g/mol. The number of benzene rings is 1. The van der Waals surface area contributed by atoms with E-state index in [0.29, 0.717) is 22.5 Å². The molecular formula is C28H27ClF2N4O4S2. The lowest BCUT2D eigenvalue weighted by Gasteiger charge is -2.35. The predicted molar refractivity (Wildman–Crippen MR) is 151 cm³/mol. The Labute approximate surface area is 248 Å². The van der Waals surface area contributed by atoms with Crippen LogP contribution in [0, 0.1) is 17.6 Å². The second kappa shape index (κ2) is 14.0. The Balaban J connectivity index is 0.00000124. The number of aliphatic imine (C=N–C) groups is 1. The lowest BCUT2D eigenvalue weighted by molar-refractivity contribution is -0.191. The lowest BCUT2D eigenvalue weighted by atomic mass is 9.78. The number of aromatic nitrogens is 2. The molecule has 0 amide bonds. The maximum Gasteiger partial charge on any atom is 0.373 e. The number of nitrogens with one attached hydrogen (secondary N) is 1. The molecule has 0 saturated heterocycles. The standard InChI is InChI=1S/C27H27ClF2N4O2S2.CO2/c1-3-16-13-38-25(32-16)15-7-5-14(6-8-15)22-19(27(35)36-4-2)23(17-9-10-18(29)21(30)20(17)28)34-24(33-22)26-31-11-12-37-26;2-1-3/h9-15,23H,3-8H2,1-2H3,(H,33,34);. The van der Waals surface area contributed by atoms with Crippen molar-refractivity contribution in [1.29, 1.82) is 0 Å². The van der Waals surface area contributed by atoms with Gasteiger partial charge < -0.3 is 10.1 Å². The highest BCUT2D eigenvalue weighted by Crippen LogP contribution is 2.44. The van der Waals surface area contributed by atoms with Crippen LogP contribution in [-0.2, 0) is 25.5 Å².